The van der Waals surface area contributed by atoms with Crippen LogP contribution in [0.4, 0.5) is 4.39 Å². The summed E-state index contributed by atoms with van der Waals surface area (Å²) in [6, 6.07) is 12.5. The molecule has 2 fully saturated rings. The SMILES string of the molecule is COCCOCCOCC(=O)N1CCN(Cc2ccc(-c3cc4nccc(Oc5ccc(CC(=O)CC6CC6)cc5F)c4s3)nc2)CC1. The van der Waals surface area contributed by atoms with Crippen LogP contribution in [0.1, 0.15) is 30.4 Å². The summed E-state index contributed by atoms with van der Waals surface area (Å²) in [6.45, 7) is 5.55. The molecule has 12 heteroatoms. The van der Waals surface area contributed by atoms with E-state index >= 15 is 0 Å². The fourth-order valence-electron chi connectivity index (χ4n) is 5.61. The Morgan fingerprint density at radius 3 is 2.46 bits per heavy atom. The summed E-state index contributed by atoms with van der Waals surface area (Å²) in [5, 5.41) is 0. The molecule has 0 bridgehead atoms. The molecule has 254 valence electrons. The van der Waals surface area contributed by atoms with Gasteiger partial charge in [-0.1, -0.05) is 12.1 Å². The van der Waals surface area contributed by atoms with Crippen molar-refractivity contribution in [3.8, 4) is 22.1 Å². The number of amides is 1. The van der Waals surface area contributed by atoms with E-state index in [9.17, 15) is 14.0 Å². The molecule has 1 saturated carbocycles. The molecule has 0 unspecified atom stereocenters. The molecule has 1 aliphatic carbocycles. The van der Waals surface area contributed by atoms with Gasteiger partial charge in [0.1, 0.15) is 18.1 Å². The summed E-state index contributed by atoms with van der Waals surface area (Å²) in [5.41, 5.74) is 3.31. The van der Waals surface area contributed by atoms with E-state index in [1.165, 1.54) is 17.4 Å². The molecule has 3 aromatic heterocycles. The van der Waals surface area contributed by atoms with Crippen LogP contribution < -0.4 is 4.74 Å². The number of ketones is 1. The number of hydrogen-bond acceptors (Lipinski definition) is 10. The minimum Gasteiger partial charge on any atom is -0.453 e. The van der Waals surface area contributed by atoms with E-state index in [1.807, 2.05) is 23.2 Å². The van der Waals surface area contributed by atoms with Crippen LogP contribution in [0.25, 0.3) is 20.8 Å². The highest BCUT2D eigenvalue weighted by molar-refractivity contribution is 7.22. The quantitative estimate of drug-likeness (QED) is 0.134. The number of carbonyl (C=O) groups is 2. The van der Waals surface area contributed by atoms with Gasteiger partial charge in [-0.05, 0) is 54.2 Å². The largest absolute Gasteiger partial charge is 0.453 e. The fraction of sp³-hybridized carbons (Fsp3) is 0.444. The lowest BCUT2D eigenvalue weighted by molar-refractivity contribution is -0.138. The van der Waals surface area contributed by atoms with Gasteiger partial charge in [0, 0.05) is 71.1 Å². The summed E-state index contributed by atoms with van der Waals surface area (Å²) in [4.78, 5) is 39.1. The van der Waals surface area contributed by atoms with E-state index in [-0.39, 0.29) is 30.5 Å². The highest BCUT2D eigenvalue weighted by Crippen LogP contribution is 2.39. The molecule has 6 rings (SSSR count). The Kier molecular flexibility index (Phi) is 11.7. The number of thiophene rings is 1. The molecular formula is C36H41FN4O6S. The number of hydrogen-bond donors (Lipinski definition) is 0. The number of methoxy groups -OCH3 is 1. The minimum atomic E-state index is -0.497. The molecule has 1 amide bonds. The first kappa shape index (κ1) is 34.1. The summed E-state index contributed by atoms with van der Waals surface area (Å²) in [6.07, 6.45) is 6.60. The van der Waals surface area contributed by atoms with Crippen LogP contribution >= 0.6 is 11.3 Å². The van der Waals surface area contributed by atoms with Crippen LogP contribution in [-0.2, 0) is 36.8 Å². The molecule has 4 heterocycles. The van der Waals surface area contributed by atoms with Gasteiger partial charge in [0.15, 0.2) is 11.6 Å². The van der Waals surface area contributed by atoms with Crippen LogP contribution in [-0.4, -0.2) is 97.8 Å². The van der Waals surface area contributed by atoms with Gasteiger partial charge >= 0.3 is 0 Å². The smallest absolute Gasteiger partial charge is 0.248 e. The number of piperazine rings is 1. The molecule has 10 nitrogen and oxygen atoms in total. The number of pyridine rings is 2. The maximum atomic E-state index is 15.0. The third-order valence-electron chi connectivity index (χ3n) is 8.44. The number of nitrogens with zero attached hydrogens (tertiary/aromatic N) is 4. The average molecular weight is 677 g/mol. The Bertz CT molecular complexity index is 1690. The van der Waals surface area contributed by atoms with Crippen LogP contribution in [0, 0.1) is 11.7 Å². The Labute approximate surface area is 283 Å². The zero-order chi connectivity index (χ0) is 33.3. The second-order valence-electron chi connectivity index (χ2n) is 12.2. The predicted molar refractivity (Wildman–Crippen MR) is 181 cm³/mol. The van der Waals surface area contributed by atoms with Crippen molar-refractivity contribution in [2.45, 2.75) is 32.2 Å². The third kappa shape index (κ3) is 9.42. The molecule has 0 N–H and O–H groups in total. The Hall–Kier alpha value is -3.81. The van der Waals surface area contributed by atoms with Gasteiger partial charge in [0.2, 0.25) is 5.91 Å². The Morgan fingerprint density at radius 1 is 0.917 bits per heavy atom. The molecule has 4 aromatic rings. The van der Waals surface area contributed by atoms with Crippen molar-refractivity contribution in [2.75, 3.05) is 66.3 Å². The lowest BCUT2D eigenvalue weighted by atomic mass is 10.0. The number of aromatic nitrogens is 2. The first-order valence-electron chi connectivity index (χ1n) is 16.4. The van der Waals surface area contributed by atoms with Gasteiger partial charge in [-0.3, -0.25) is 24.5 Å². The van der Waals surface area contributed by atoms with Crippen molar-refractivity contribution in [1.29, 1.82) is 0 Å². The maximum absolute atomic E-state index is 15.0. The van der Waals surface area contributed by atoms with Gasteiger partial charge < -0.3 is 23.8 Å². The van der Waals surface area contributed by atoms with E-state index in [1.54, 1.807) is 31.5 Å². The lowest BCUT2D eigenvalue weighted by Gasteiger charge is -2.34. The van der Waals surface area contributed by atoms with Crippen molar-refractivity contribution in [3.63, 3.8) is 0 Å². The van der Waals surface area contributed by atoms with Gasteiger partial charge in [-0.2, -0.15) is 0 Å². The maximum Gasteiger partial charge on any atom is 0.248 e. The van der Waals surface area contributed by atoms with Crippen molar-refractivity contribution in [2.24, 2.45) is 5.92 Å². The zero-order valence-corrected chi connectivity index (χ0v) is 28.0. The number of rotatable bonds is 17. The molecule has 2 aliphatic rings. The molecular weight excluding hydrogens is 635 g/mol. The van der Waals surface area contributed by atoms with E-state index < -0.39 is 5.82 Å². The first-order chi connectivity index (χ1) is 23.4. The standard InChI is InChI=1S/C36H41FN4O6S/c1-44-14-15-45-16-17-46-24-35(43)41-12-10-40(11-13-41)23-27-4-6-30(39-22-27)34-21-31-36(48-34)33(8-9-38-31)47-32-7-5-26(20-29(32)37)19-28(42)18-25-2-3-25/h4-9,20-22,25H,2-3,10-19,23-24H2,1H3. The van der Waals surface area contributed by atoms with Gasteiger partial charge in [0.25, 0.3) is 0 Å². The molecule has 1 aliphatic heterocycles. The molecule has 0 radical (unpaired) electrons. The number of Topliss-reactive ketones (excluding diaryl/α,β-unsaturated/α-hetero) is 1. The van der Waals surface area contributed by atoms with Crippen molar-refractivity contribution in [3.05, 3.63) is 71.8 Å². The summed E-state index contributed by atoms with van der Waals surface area (Å²) in [7, 11) is 1.62. The van der Waals surface area contributed by atoms with Crippen LogP contribution in [0.15, 0.2) is 54.9 Å². The molecule has 0 atom stereocenters. The second-order valence-corrected chi connectivity index (χ2v) is 13.3. The van der Waals surface area contributed by atoms with Crippen LogP contribution in [0.2, 0.25) is 0 Å². The minimum absolute atomic E-state index is 0.000861. The zero-order valence-electron chi connectivity index (χ0n) is 27.2. The Balaban J connectivity index is 0.995. The van der Waals surface area contributed by atoms with E-state index in [4.69, 9.17) is 23.9 Å². The molecule has 1 aromatic carbocycles. The van der Waals surface area contributed by atoms with Crippen molar-refractivity contribution in [1.82, 2.24) is 19.8 Å². The van der Waals surface area contributed by atoms with E-state index in [0.29, 0.717) is 63.2 Å². The highest BCUT2D eigenvalue weighted by Gasteiger charge is 2.25. The summed E-state index contributed by atoms with van der Waals surface area (Å²) < 4.78 is 37.6. The Morgan fingerprint density at radius 2 is 1.71 bits per heavy atom. The summed E-state index contributed by atoms with van der Waals surface area (Å²) in [5.74, 6) is 0.794. The normalized spacial score (nSPS) is 15.2. The number of carbonyl (C=O) groups excluding carboxylic acids is 2. The van der Waals surface area contributed by atoms with Gasteiger partial charge in [0.05, 0.1) is 47.2 Å². The molecule has 0 spiro atoms. The molecule has 1 saturated heterocycles. The van der Waals surface area contributed by atoms with E-state index in [2.05, 4.69) is 16.0 Å². The first-order valence-corrected chi connectivity index (χ1v) is 17.2. The predicted octanol–water partition coefficient (Wildman–Crippen LogP) is 5.53. The van der Waals surface area contributed by atoms with Crippen molar-refractivity contribution >= 4 is 33.2 Å². The average Bonchev–Trinajstić information content (AvgIpc) is 3.79. The van der Waals surface area contributed by atoms with Gasteiger partial charge in [-0.15, -0.1) is 11.3 Å². The fourth-order valence-corrected chi connectivity index (χ4v) is 6.65. The topological polar surface area (TPSA) is 103 Å². The number of fused-ring (bicyclic) bond motifs is 1. The molecule has 48 heavy (non-hydrogen) atoms. The highest BCUT2D eigenvalue weighted by atomic mass is 32.1. The van der Waals surface area contributed by atoms with Gasteiger partial charge in [-0.25, -0.2) is 4.39 Å². The third-order valence-corrected chi connectivity index (χ3v) is 9.61. The number of halogens is 1. The summed E-state index contributed by atoms with van der Waals surface area (Å²) >= 11 is 1.49. The number of benzene rings is 1. The van der Waals surface area contributed by atoms with E-state index in [0.717, 1.165) is 58.8 Å². The van der Waals surface area contributed by atoms with Crippen molar-refractivity contribution < 1.29 is 32.9 Å². The van der Waals surface area contributed by atoms with Crippen LogP contribution in [0.3, 0.4) is 0 Å². The number of ether oxygens (including phenoxy) is 4. The monoisotopic (exact) mass is 676 g/mol. The lowest BCUT2D eigenvalue weighted by Crippen LogP contribution is -2.49. The second kappa shape index (κ2) is 16.5. The van der Waals surface area contributed by atoms with Crippen LogP contribution in [0.5, 0.6) is 11.5 Å².